The van der Waals surface area contributed by atoms with Gasteiger partial charge in [0.2, 0.25) is 6.30 Å². The molecule has 1 atom stereocenters. The van der Waals surface area contributed by atoms with E-state index in [1.165, 1.54) is 0 Å². The van der Waals surface area contributed by atoms with E-state index in [4.69, 9.17) is 0 Å². The van der Waals surface area contributed by atoms with Gasteiger partial charge in [-0.25, -0.2) is 4.39 Å². The highest BCUT2D eigenvalue weighted by atomic mass is 79.9. The monoisotopic (exact) mass is 257 g/mol. The van der Waals surface area contributed by atoms with E-state index < -0.39 is 6.30 Å². The highest BCUT2D eigenvalue weighted by Gasteiger charge is 2.33. The van der Waals surface area contributed by atoms with Gasteiger partial charge in [-0.3, -0.25) is 0 Å². The Kier molecular flexibility index (Phi) is 2.16. The zero-order chi connectivity index (χ0) is 7.02. The predicted octanol–water partition coefficient (Wildman–Crippen LogP) is 2.58. The Hall–Kier alpha value is 0.430. The predicted molar refractivity (Wildman–Crippen MR) is 42.2 cm³/mol. The lowest BCUT2D eigenvalue weighted by atomic mass is 10.3. The normalized spacial score (nSPS) is 26.7. The average Bonchev–Trinajstić information content (AvgIpc) is 1.89. The zero-order valence-electron chi connectivity index (χ0n) is 4.87. The van der Waals surface area contributed by atoms with Crippen LogP contribution >= 0.6 is 31.9 Å². The summed E-state index contributed by atoms with van der Waals surface area (Å²) in [5, 5.41) is 0. The summed E-state index contributed by atoms with van der Waals surface area (Å²) in [6, 6.07) is 0. The highest BCUT2D eigenvalue weighted by molar-refractivity contribution is 9.14. The topological polar surface area (TPSA) is 3.24 Å². The number of nitrogens with zero attached hydrogens (tertiary/aromatic N) is 1. The minimum absolute atomic E-state index is 0.615. The Balaban J connectivity index is 2.67. The van der Waals surface area contributed by atoms with Gasteiger partial charge in [-0.15, -0.1) is 0 Å². The second-order valence-corrected chi connectivity index (χ2v) is 3.37. The van der Waals surface area contributed by atoms with Crippen LogP contribution in [0.3, 0.4) is 0 Å². The van der Waals surface area contributed by atoms with Crippen molar-refractivity contribution in [3.05, 3.63) is 9.09 Å². The van der Waals surface area contributed by atoms with Crippen LogP contribution in [0.15, 0.2) is 9.09 Å². The first kappa shape index (κ1) is 7.54. The third kappa shape index (κ3) is 1.03. The fourth-order valence-electron chi connectivity index (χ4n) is 0.705. The summed E-state index contributed by atoms with van der Waals surface area (Å²) in [6.07, 6.45) is -0.927. The van der Waals surface area contributed by atoms with E-state index >= 15 is 0 Å². The summed E-state index contributed by atoms with van der Waals surface area (Å²) in [4.78, 5) is 1.62. The molecular weight excluding hydrogens is 253 g/mol. The van der Waals surface area contributed by atoms with Crippen LogP contribution in [0.2, 0.25) is 0 Å². The van der Waals surface area contributed by atoms with Crippen LogP contribution in [0.4, 0.5) is 4.39 Å². The number of hydrogen-bond acceptors (Lipinski definition) is 1. The lowest BCUT2D eigenvalue weighted by Crippen LogP contribution is -2.38. The molecule has 1 aliphatic rings. The summed E-state index contributed by atoms with van der Waals surface area (Å²) in [7, 11) is 0. The van der Waals surface area contributed by atoms with Crippen LogP contribution in [0.25, 0.3) is 0 Å². The zero-order valence-corrected chi connectivity index (χ0v) is 8.04. The molecule has 0 aromatic heterocycles. The van der Waals surface area contributed by atoms with E-state index in [9.17, 15) is 4.39 Å². The smallest absolute Gasteiger partial charge is 0.207 e. The molecule has 0 bridgehead atoms. The number of halogens is 3. The number of rotatable bonds is 1. The van der Waals surface area contributed by atoms with Crippen LogP contribution in [-0.4, -0.2) is 17.7 Å². The van der Waals surface area contributed by atoms with Crippen molar-refractivity contribution in [2.75, 3.05) is 6.54 Å². The van der Waals surface area contributed by atoms with Crippen molar-refractivity contribution in [1.29, 1.82) is 0 Å². The van der Waals surface area contributed by atoms with Gasteiger partial charge in [-0.1, -0.05) is 0 Å². The summed E-state index contributed by atoms with van der Waals surface area (Å²) >= 11 is 6.30. The maximum absolute atomic E-state index is 12.6. The van der Waals surface area contributed by atoms with E-state index in [0.717, 1.165) is 4.61 Å². The van der Waals surface area contributed by atoms with Crippen LogP contribution < -0.4 is 0 Å². The third-order valence-electron chi connectivity index (χ3n) is 1.27. The van der Waals surface area contributed by atoms with Crippen molar-refractivity contribution in [1.82, 2.24) is 4.90 Å². The van der Waals surface area contributed by atoms with Crippen molar-refractivity contribution < 1.29 is 4.39 Å². The second kappa shape index (κ2) is 2.58. The molecule has 1 unspecified atom stereocenters. The second-order valence-electron chi connectivity index (χ2n) is 1.76. The van der Waals surface area contributed by atoms with Crippen molar-refractivity contribution >= 4 is 31.9 Å². The van der Waals surface area contributed by atoms with Crippen LogP contribution in [0, 0.1) is 0 Å². The van der Waals surface area contributed by atoms with Gasteiger partial charge in [0, 0.05) is 6.54 Å². The minimum Gasteiger partial charge on any atom is -0.331 e. The molecule has 9 heavy (non-hydrogen) atoms. The first-order valence-electron chi connectivity index (χ1n) is 2.64. The largest absolute Gasteiger partial charge is 0.331 e. The van der Waals surface area contributed by atoms with Crippen molar-refractivity contribution in [3.63, 3.8) is 0 Å². The molecule has 4 heteroatoms. The van der Waals surface area contributed by atoms with E-state index in [-0.39, 0.29) is 0 Å². The van der Waals surface area contributed by atoms with Crippen LogP contribution in [0.1, 0.15) is 6.92 Å². The highest BCUT2D eigenvalue weighted by Crippen LogP contribution is 2.39. The number of likely N-dealkylation sites (N-methyl/N-ethyl adjacent to an activating group) is 1. The summed E-state index contributed by atoms with van der Waals surface area (Å²) in [5.74, 6) is 0. The molecule has 0 spiro atoms. The molecule has 0 aromatic rings. The first-order valence-corrected chi connectivity index (χ1v) is 4.23. The molecule has 0 amide bonds. The van der Waals surface area contributed by atoms with E-state index in [1.807, 2.05) is 6.92 Å². The standard InChI is InChI=1S/C5H6Br2FN/c1-2-9-4(7)3(6)5(9)8/h5H,2H2,1H3. The summed E-state index contributed by atoms with van der Waals surface area (Å²) < 4.78 is 14.1. The van der Waals surface area contributed by atoms with E-state index in [2.05, 4.69) is 31.9 Å². The van der Waals surface area contributed by atoms with Gasteiger partial charge in [-0.05, 0) is 38.8 Å². The molecule has 0 aromatic carbocycles. The van der Waals surface area contributed by atoms with Crippen LogP contribution in [-0.2, 0) is 0 Å². The molecule has 1 nitrogen and oxygen atoms in total. The maximum Gasteiger partial charge on any atom is 0.207 e. The Labute approximate surface area is 70.2 Å². The van der Waals surface area contributed by atoms with Gasteiger partial charge >= 0.3 is 0 Å². The van der Waals surface area contributed by atoms with Gasteiger partial charge in [-0.2, -0.15) is 0 Å². The lowest BCUT2D eigenvalue weighted by Gasteiger charge is -2.35. The van der Waals surface area contributed by atoms with Gasteiger partial charge < -0.3 is 4.90 Å². The number of alkyl halides is 1. The number of hydrogen-bond donors (Lipinski definition) is 0. The van der Waals surface area contributed by atoms with E-state index in [0.29, 0.717) is 11.0 Å². The minimum atomic E-state index is -0.927. The Morgan fingerprint density at radius 2 is 2.22 bits per heavy atom. The molecule has 0 saturated heterocycles. The Morgan fingerprint density at radius 1 is 1.67 bits per heavy atom. The average molecular weight is 259 g/mol. The molecule has 0 aliphatic carbocycles. The molecule has 0 radical (unpaired) electrons. The molecule has 52 valence electrons. The molecular formula is C5H6Br2FN. The molecule has 1 aliphatic heterocycles. The SMILES string of the molecule is CCN1C(Br)=C(Br)C1F. The molecule has 0 fully saturated rings. The van der Waals surface area contributed by atoms with Crippen molar-refractivity contribution in [2.45, 2.75) is 13.2 Å². The quantitative estimate of drug-likeness (QED) is 0.654. The fourth-order valence-corrected chi connectivity index (χ4v) is 1.80. The fraction of sp³-hybridized carbons (Fsp3) is 0.600. The van der Waals surface area contributed by atoms with Gasteiger partial charge in [0.1, 0.15) is 0 Å². The summed E-state index contributed by atoms with van der Waals surface area (Å²) in [6.45, 7) is 2.62. The Bertz CT molecular complexity index is 157. The molecule has 0 N–H and O–H groups in total. The maximum atomic E-state index is 12.6. The first-order chi connectivity index (χ1) is 4.18. The van der Waals surface area contributed by atoms with Gasteiger partial charge in [0.15, 0.2) is 0 Å². The Morgan fingerprint density at radius 3 is 2.44 bits per heavy atom. The lowest BCUT2D eigenvalue weighted by molar-refractivity contribution is 0.139. The van der Waals surface area contributed by atoms with Gasteiger partial charge in [0.25, 0.3) is 0 Å². The summed E-state index contributed by atoms with van der Waals surface area (Å²) in [5.41, 5.74) is 0. The molecule has 1 heterocycles. The van der Waals surface area contributed by atoms with Gasteiger partial charge in [0.05, 0.1) is 9.09 Å². The molecule has 0 saturated carbocycles. The molecule has 1 rings (SSSR count). The third-order valence-corrected chi connectivity index (χ3v) is 3.44. The van der Waals surface area contributed by atoms with Crippen LogP contribution in [0.5, 0.6) is 0 Å². The van der Waals surface area contributed by atoms with E-state index in [1.54, 1.807) is 4.90 Å². The van der Waals surface area contributed by atoms with Crippen molar-refractivity contribution in [3.8, 4) is 0 Å². The van der Waals surface area contributed by atoms with Crippen molar-refractivity contribution in [2.24, 2.45) is 0 Å².